The molecule has 0 fully saturated rings. The molecule has 0 aliphatic carbocycles. The molecule has 30 heavy (non-hydrogen) atoms. The van der Waals surface area contributed by atoms with Crippen molar-refractivity contribution in [1.29, 1.82) is 0 Å². The average Bonchev–Trinajstić information content (AvgIpc) is 3.45. The minimum Gasteiger partial charge on any atom is -0.454 e. The number of hydrogen-bond donors (Lipinski definition) is 3. The Kier molecular flexibility index (Phi) is 8.99. The summed E-state index contributed by atoms with van der Waals surface area (Å²) < 4.78 is 10.9. The third kappa shape index (κ3) is 6.45. The summed E-state index contributed by atoms with van der Waals surface area (Å²) in [6.45, 7) is 6.94. The van der Waals surface area contributed by atoms with Gasteiger partial charge < -0.3 is 25.4 Å². The Hall–Kier alpha value is -2.09. The zero-order valence-electron chi connectivity index (χ0n) is 17.9. The van der Waals surface area contributed by atoms with E-state index in [0.717, 1.165) is 62.4 Å². The van der Waals surface area contributed by atoms with Gasteiger partial charge in [0.2, 0.25) is 12.7 Å². The highest BCUT2D eigenvalue weighted by Gasteiger charge is 2.22. The highest BCUT2D eigenvalue weighted by Crippen LogP contribution is 2.34. The number of nitrogens with one attached hydrogen (secondary N) is 3. The summed E-state index contributed by atoms with van der Waals surface area (Å²) in [5, 5.41) is 12.2. The number of carbonyl (C=O) groups is 1. The maximum Gasteiger partial charge on any atom is 0.237 e. The van der Waals surface area contributed by atoms with E-state index in [1.807, 2.05) is 18.2 Å². The van der Waals surface area contributed by atoms with Crippen molar-refractivity contribution in [3.63, 3.8) is 0 Å². The minimum atomic E-state index is -0.184. The van der Waals surface area contributed by atoms with Crippen LogP contribution in [0.25, 0.3) is 0 Å². The van der Waals surface area contributed by atoms with Gasteiger partial charge in [-0.2, -0.15) is 0 Å². The van der Waals surface area contributed by atoms with E-state index in [1.54, 1.807) is 11.3 Å². The lowest BCUT2D eigenvalue weighted by Gasteiger charge is -2.23. The molecule has 7 heteroatoms. The minimum absolute atomic E-state index is 0.0464. The Balaban J connectivity index is 1.51. The van der Waals surface area contributed by atoms with E-state index in [4.69, 9.17) is 9.47 Å². The third-order valence-electron chi connectivity index (χ3n) is 5.26. The van der Waals surface area contributed by atoms with Gasteiger partial charge in [-0.25, -0.2) is 0 Å². The lowest BCUT2D eigenvalue weighted by atomic mass is 10.0. The van der Waals surface area contributed by atoms with Crippen LogP contribution in [0.4, 0.5) is 0 Å². The number of amides is 1. The Bertz CT molecular complexity index is 782. The quantitative estimate of drug-likeness (QED) is 0.419. The van der Waals surface area contributed by atoms with E-state index in [0.29, 0.717) is 0 Å². The largest absolute Gasteiger partial charge is 0.454 e. The van der Waals surface area contributed by atoms with Crippen molar-refractivity contribution in [3.05, 3.63) is 46.2 Å². The molecule has 0 saturated heterocycles. The standard InChI is InChI=1S/C23H33N3O3S/c1-3-5-8-20(25-12-11-24-15-18-7-6-13-30-18)23(27)26-19(4-2)17-9-10-21-22(14-17)29-16-28-21/h6-7,9-10,13-14,19-20,24-25H,3-5,8,11-12,15-16H2,1-2H3,(H,26,27)/t19-,20-/m0/s1. The van der Waals surface area contributed by atoms with E-state index in [-0.39, 0.29) is 24.8 Å². The first-order valence-electron chi connectivity index (χ1n) is 10.9. The van der Waals surface area contributed by atoms with Gasteiger partial charge in [-0.15, -0.1) is 11.3 Å². The molecule has 1 aliphatic heterocycles. The van der Waals surface area contributed by atoms with Crippen LogP contribution >= 0.6 is 11.3 Å². The van der Waals surface area contributed by atoms with E-state index >= 15 is 0 Å². The smallest absolute Gasteiger partial charge is 0.237 e. The molecule has 2 aromatic rings. The van der Waals surface area contributed by atoms with Crippen molar-refractivity contribution < 1.29 is 14.3 Å². The molecular weight excluding hydrogens is 398 g/mol. The fourth-order valence-corrected chi connectivity index (χ4v) is 4.19. The highest BCUT2D eigenvalue weighted by atomic mass is 32.1. The summed E-state index contributed by atoms with van der Waals surface area (Å²) in [5.74, 6) is 1.57. The van der Waals surface area contributed by atoms with Crippen LogP contribution in [0.1, 0.15) is 56.0 Å². The van der Waals surface area contributed by atoms with Crippen molar-refractivity contribution >= 4 is 17.2 Å². The van der Waals surface area contributed by atoms with Crippen LogP contribution in [0.3, 0.4) is 0 Å². The number of ether oxygens (including phenoxy) is 2. The van der Waals surface area contributed by atoms with E-state index < -0.39 is 0 Å². The molecule has 6 nitrogen and oxygen atoms in total. The summed E-state index contributed by atoms with van der Waals surface area (Å²) in [5.41, 5.74) is 1.04. The van der Waals surface area contributed by atoms with Crippen molar-refractivity contribution in [2.75, 3.05) is 19.9 Å². The number of hydrogen-bond acceptors (Lipinski definition) is 6. The number of fused-ring (bicyclic) bond motifs is 1. The predicted molar refractivity (Wildman–Crippen MR) is 121 cm³/mol. The number of unbranched alkanes of at least 4 members (excludes halogenated alkanes) is 1. The Morgan fingerprint density at radius 1 is 1.17 bits per heavy atom. The summed E-state index contributed by atoms with van der Waals surface area (Å²) in [6, 6.07) is 9.86. The van der Waals surface area contributed by atoms with Crippen LogP contribution in [-0.2, 0) is 11.3 Å². The molecule has 1 aromatic heterocycles. The molecule has 3 N–H and O–H groups in total. The second kappa shape index (κ2) is 11.9. The Labute approximate surface area is 183 Å². The molecule has 1 aromatic carbocycles. The molecule has 0 spiro atoms. The second-order valence-electron chi connectivity index (χ2n) is 7.49. The van der Waals surface area contributed by atoms with Crippen LogP contribution in [-0.4, -0.2) is 31.8 Å². The molecule has 0 radical (unpaired) electrons. The monoisotopic (exact) mass is 431 g/mol. The maximum atomic E-state index is 13.0. The van der Waals surface area contributed by atoms with Crippen molar-refractivity contribution in [3.8, 4) is 11.5 Å². The normalized spacial score (nSPS) is 14.5. The zero-order chi connectivity index (χ0) is 21.2. The SMILES string of the molecule is CCCC[C@H](NCCNCc1cccs1)C(=O)N[C@@H](CC)c1ccc2c(c1)OCO2. The molecule has 1 aliphatic rings. The van der Waals surface area contributed by atoms with E-state index in [1.165, 1.54) is 4.88 Å². The molecule has 2 heterocycles. The topological polar surface area (TPSA) is 71.6 Å². The zero-order valence-corrected chi connectivity index (χ0v) is 18.7. The van der Waals surface area contributed by atoms with Gasteiger partial charge in [0, 0.05) is 24.5 Å². The van der Waals surface area contributed by atoms with Crippen LogP contribution < -0.4 is 25.4 Å². The molecule has 2 atom stereocenters. The third-order valence-corrected chi connectivity index (χ3v) is 6.13. The molecule has 0 bridgehead atoms. The maximum absolute atomic E-state index is 13.0. The van der Waals surface area contributed by atoms with Crippen molar-refractivity contribution in [2.45, 2.75) is 58.2 Å². The molecule has 164 valence electrons. The van der Waals surface area contributed by atoms with Gasteiger partial charge >= 0.3 is 0 Å². The van der Waals surface area contributed by atoms with Crippen LogP contribution in [0, 0.1) is 0 Å². The number of rotatable bonds is 13. The number of thiophene rings is 1. The Morgan fingerprint density at radius 3 is 2.80 bits per heavy atom. The van der Waals surface area contributed by atoms with E-state index in [2.05, 4.69) is 47.3 Å². The summed E-state index contributed by atoms with van der Waals surface area (Å²) in [7, 11) is 0. The van der Waals surface area contributed by atoms with Crippen LogP contribution in [0.15, 0.2) is 35.7 Å². The first-order chi connectivity index (χ1) is 14.7. The average molecular weight is 432 g/mol. The Morgan fingerprint density at radius 2 is 2.03 bits per heavy atom. The number of carbonyl (C=O) groups excluding carboxylic acids is 1. The first-order valence-corrected chi connectivity index (χ1v) is 11.8. The van der Waals surface area contributed by atoms with Crippen LogP contribution in [0.2, 0.25) is 0 Å². The fourth-order valence-electron chi connectivity index (χ4n) is 3.52. The predicted octanol–water partition coefficient (Wildman–Crippen LogP) is 3.98. The first kappa shape index (κ1) is 22.6. The molecule has 0 saturated carbocycles. The van der Waals surface area contributed by atoms with Crippen molar-refractivity contribution in [1.82, 2.24) is 16.0 Å². The summed E-state index contributed by atoms with van der Waals surface area (Å²) >= 11 is 1.75. The molecule has 1 amide bonds. The van der Waals surface area contributed by atoms with Gasteiger partial charge in [-0.05, 0) is 42.0 Å². The molecular formula is C23H33N3O3S. The lowest BCUT2D eigenvalue weighted by Crippen LogP contribution is -2.47. The number of benzene rings is 1. The van der Waals surface area contributed by atoms with E-state index in [9.17, 15) is 4.79 Å². The van der Waals surface area contributed by atoms with Gasteiger partial charge in [0.15, 0.2) is 11.5 Å². The van der Waals surface area contributed by atoms with Gasteiger partial charge in [-0.3, -0.25) is 4.79 Å². The highest BCUT2D eigenvalue weighted by molar-refractivity contribution is 7.09. The van der Waals surface area contributed by atoms with Gasteiger partial charge in [0.25, 0.3) is 0 Å². The fraction of sp³-hybridized carbons (Fsp3) is 0.522. The lowest BCUT2D eigenvalue weighted by molar-refractivity contribution is -0.124. The molecule has 0 unspecified atom stereocenters. The summed E-state index contributed by atoms with van der Waals surface area (Å²) in [6.07, 6.45) is 3.75. The van der Waals surface area contributed by atoms with Crippen LogP contribution in [0.5, 0.6) is 11.5 Å². The van der Waals surface area contributed by atoms with Gasteiger partial charge in [0.05, 0.1) is 12.1 Å². The molecule has 3 rings (SSSR count). The summed E-state index contributed by atoms with van der Waals surface area (Å²) in [4.78, 5) is 14.4. The van der Waals surface area contributed by atoms with Gasteiger partial charge in [-0.1, -0.05) is 38.8 Å². The van der Waals surface area contributed by atoms with Crippen molar-refractivity contribution in [2.24, 2.45) is 0 Å². The second-order valence-corrected chi connectivity index (χ2v) is 8.52. The van der Waals surface area contributed by atoms with Gasteiger partial charge in [0.1, 0.15) is 0 Å².